The number of hydrogen-bond donors (Lipinski definition) is 3. The molecule has 2 aliphatic heterocycles. The monoisotopic (exact) mass is 670 g/mol. The molecular formula is C34H34N6O5S2. The van der Waals surface area contributed by atoms with E-state index in [-0.39, 0.29) is 19.1 Å². The highest BCUT2D eigenvalue weighted by Gasteiger charge is 2.17. The fraction of sp³-hybridized carbons (Fsp3) is 0.294. The van der Waals surface area contributed by atoms with Crippen LogP contribution in [-0.2, 0) is 19.6 Å². The number of aromatic hydroxyl groups is 1. The molecule has 47 heavy (non-hydrogen) atoms. The number of fused-ring (bicyclic) bond motifs is 2. The third-order valence-electron chi connectivity index (χ3n) is 8.11. The molecule has 2 aromatic heterocycles. The van der Waals surface area contributed by atoms with Crippen molar-refractivity contribution in [3.63, 3.8) is 0 Å². The van der Waals surface area contributed by atoms with Crippen LogP contribution in [0.4, 0.5) is 9.93 Å². The van der Waals surface area contributed by atoms with Gasteiger partial charge in [0.15, 0.2) is 16.6 Å². The quantitative estimate of drug-likeness (QED) is 0.110. The number of thiazole rings is 2. The number of hydrogen-bond acceptors (Lipinski definition) is 11. The summed E-state index contributed by atoms with van der Waals surface area (Å²) in [6, 6.07) is 16.5. The third-order valence-corrected chi connectivity index (χ3v) is 9.94. The first-order valence-electron chi connectivity index (χ1n) is 15.4. The summed E-state index contributed by atoms with van der Waals surface area (Å²) in [7, 11) is 0. The highest BCUT2D eigenvalue weighted by molar-refractivity contribution is 7.22. The predicted molar refractivity (Wildman–Crippen MR) is 183 cm³/mol. The van der Waals surface area contributed by atoms with E-state index in [9.17, 15) is 9.90 Å². The molecule has 5 aromatic rings. The zero-order valence-corrected chi connectivity index (χ0v) is 27.4. The van der Waals surface area contributed by atoms with E-state index < -0.39 is 6.03 Å². The number of nitrogens with one attached hydrogen (secondary N) is 2. The second-order valence-corrected chi connectivity index (χ2v) is 13.7. The number of benzene rings is 3. The van der Waals surface area contributed by atoms with E-state index in [2.05, 4.69) is 49.8 Å². The van der Waals surface area contributed by atoms with Gasteiger partial charge in [0.05, 0.1) is 27.1 Å². The first-order valence-corrected chi connectivity index (χ1v) is 17.1. The summed E-state index contributed by atoms with van der Waals surface area (Å²) in [5.41, 5.74) is 6.83. The molecule has 0 radical (unpaired) electrons. The van der Waals surface area contributed by atoms with Gasteiger partial charge in [0, 0.05) is 30.0 Å². The number of carbonyl (C=O) groups is 1. The van der Waals surface area contributed by atoms with Crippen molar-refractivity contribution in [3.8, 4) is 23.0 Å². The number of anilines is 1. The van der Waals surface area contributed by atoms with Crippen LogP contribution in [0.1, 0.15) is 47.2 Å². The van der Waals surface area contributed by atoms with Gasteiger partial charge in [-0.2, -0.15) is 5.10 Å². The Hall–Kier alpha value is -4.72. The SMILES string of the molecule is CC1CCN(Cc2ccc3nc(NC(=O)N/N=C/c4ccc(OCc5csc(Cc6ccc7c(c6)OCO7)n5)cc4O)sc3c2)CC1. The minimum Gasteiger partial charge on any atom is -0.507 e. The second kappa shape index (κ2) is 14.0. The van der Waals surface area contributed by atoms with Crippen LogP contribution in [0.15, 0.2) is 65.1 Å². The van der Waals surface area contributed by atoms with Crippen LogP contribution in [0.5, 0.6) is 23.0 Å². The Bertz CT molecular complexity index is 1920. The second-order valence-electron chi connectivity index (χ2n) is 11.7. The summed E-state index contributed by atoms with van der Waals surface area (Å²) in [5, 5.41) is 20.6. The van der Waals surface area contributed by atoms with Gasteiger partial charge in [-0.3, -0.25) is 10.2 Å². The summed E-state index contributed by atoms with van der Waals surface area (Å²) in [4.78, 5) is 24.2. The molecule has 0 saturated carbocycles. The van der Waals surface area contributed by atoms with Gasteiger partial charge in [0.2, 0.25) is 6.79 Å². The number of amides is 2. The van der Waals surface area contributed by atoms with E-state index in [0.717, 1.165) is 63.5 Å². The Morgan fingerprint density at radius 3 is 2.81 bits per heavy atom. The number of likely N-dealkylation sites (tertiary alicyclic amines) is 1. The smallest absolute Gasteiger partial charge is 0.341 e. The van der Waals surface area contributed by atoms with Crippen LogP contribution in [0.3, 0.4) is 0 Å². The topological polar surface area (TPSA) is 130 Å². The molecule has 1 saturated heterocycles. The van der Waals surface area contributed by atoms with Crippen molar-refractivity contribution in [2.75, 3.05) is 25.2 Å². The Balaban J connectivity index is 0.875. The Morgan fingerprint density at radius 2 is 1.94 bits per heavy atom. The molecule has 13 heteroatoms. The lowest BCUT2D eigenvalue weighted by Crippen LogP contribution is -2.32. The Kier molecular flexibility index (Phi) is 9.18. The molecule has 1 fully saturated rings. The van der Waals surface area contributed by atoms with Crippen molar-refractivity contribution in [3.05, 3.63) is 87.4 Å². The summed E-state index contributed by atoms with van der Waals surface area (Å²) in [5.74, 6) is 2.78. The molecule has 4 heterocycles. The number of aromatic nitrogens is 2. The molecule has 0 aliphatic carbocycles. The van der Waals surface area contributed by atoms with Gasteiger partial charge >= 0.3 is 6.03 Å². The van der Waals surface area contributed by atoms with Crippen molar-refractivity contribution in [1.82, 2.24) is 20.3 Å². The van der Waals surface area contributed by atoms with Gasteiger partial charge < -0.3 is 19.3 Å². The zero-order valence-electron chi connectivity index (χ0n) is 25.8. The summed E-state index contributed by atoms with van der Waals surface area (Å²) < 4.78 is 17.7. The van der Waals surface area contributed by atoms with Gasteiger partial charge in [-0.15, -0.1) is 11.3 Å². The van der Waals surface area contributed by atoms with Gasteiger partial charge in [0.25, 0.3) is 0 Å². The average Bonchev–Trinajstić information content (AvgIpc) is 3.81. The summed E-state index contributed by atoms with van der Waals surface area (Å²) >= 11 is 2.99. The standard InChI is InChI=1S/C34H34N6O5S2/c1-21-8-10-40(11-9-21)17-23-2-6-27-31(13-23)47-34(37-27)38-33(42)39-35-16-24-4-5-26(15-28(24)41)43-18-25-19-46-32(36-25)14-22-3-7-29-30(12-22)45-20-44-29/h2-7,12-13,15-16,19,21,41H,8-11,14,17-18,20H2,1H3,(H2,37,38,39,42)/b35-16+. The van der Waals surface area contributed by atoms with Crippen molar-refractivity contribution in [1.29, 1.82) is 0 Å². The van der Waals surface area contributed by atoms with Crippen LogP contribution < -0.4 is 25.0 Å². The van der Waals surface area contributed by atoms with E-state index in [0.29, 0.717) is 22.9 Å². The minimum absolute atomic E-state index is 0.0312. The van der Waals surface area contributed by atoms with Gasteiger partial charge in [-0.1, -0.05) is 30.4 Å². The number of rotatable bonds is 10. The molecule has 0 bridgehead atoms. The van der Waals surface area contributed by atoms with Crippen LogP contribution >= 0.6 is 22.7 Å². The number of phenols is 1. The van der Waals surface area contributed by atoms with Crippen LogP contribution in [0.25, 0.3) is 10.2 Å². The number of phenolic OH excluding ortho intramolecular Hbond substituents is 1. The zero-order chi connectivity index (χ0) is 32.2. The lowest BCUT2D eigenvalue weighted by molar-refractivity contribution is 0.174. The number of piperidine rings is 1. The predicted octanol–water partition coefficient (Wildman–Crippen LogP) is 6.74. The van der Waals surface area contributed by atoms with Crippen LogP contribution in [0, 0.1) is 5.92 Å². The minimum atomic E-state index is -0.524. The van der Waals surface area contributed by atoms with Crippen LogP contribution in [-0.4, -0.2) is 52.1 Å². The normalized spacial score (nSPS) is 15.0. The largest absolute Gasteiger partial charge is 0.507 e. The van der Waals surface area contributed by atoms with E-state index in [4.69, 9.17) is 14.2 Å². The Morgan fingerprint density at radius 1 is 1.09 bits per heavy atom. The summed E-state index contributed by atoms with van der Waals surface area (Å²) in [6.07, 6.45) is 4.54. The van der Waals surface area contributed by atoms with Crippen molar-refractivity contribution in [2.45, 2.75) is 39.3 Å². The van der Waals surface area contributed by atoms with E-state index in [1.165, 1.54) is 42.0 Å². The molecule has 0 spiro atoms. The fourth-order valence-corrected chi connectivity index (χ4v) is 7.22. The molecule has 3 aromatic carbocycles. The van der Waals surface area contributed by atoms with Crippen molar-refractivity contribution < 1.29 is 24.1 Å². The Labute approximate surface area is 279 Å². The molecule has 3 N–H and O–H groups in total. The first kappa shape index (κ1) is 30.9. The molecule has 2 aliphatic rings. The average molecular weight is 671 g/mol. The van der Waals surface area contributed by atoms with Crippen molar-refractivity contribution in [2.24, 2.45) is 11.0 Å². The fourth-order valence-electron chi connectivity index (χ4n) is 5.49. The molecule has 11 nitrogen and oxygen atoms in total. The van der Waals surface area contributed by atoms with E-state index in [1.807, 2.05) is 29.6 Å². The van der Waals surface area contributed by atoms with Crippen LogP contribution in [0.2, 0.25) is 0 Å². The number of ether oxygens (including phenoxy) is 3. The maximum atomic E-state index is 12.5. The maximum Gasteiger partial charge on any atom is 0.341 e. The molecule has 242 valence electrons. The number of urea groups is 1. The molecule has 0 atom stereocenters. The highest BCUT2D eigenvalue weighted by atomic mass is 32.1. The highest BCUT2D eigenvalue weighted by Crippen LogP contribution is 2.33. The maximum absolute atomic E-state index is 12.5. The van der Waals surface area contributed by atoms with E-state index in [1.54, 1.807) is 23.5 Å². The molecule has 7 rings (SSSR count). The van der Waals surface area contributed by atoms with E-state index >= 15 is 0 Å². The lowest BCUT2D eigenvalue weighted by atomic mass is 9.99. The summed E-state index contributed by atoms with van der Waals surface area (Å²) in [6.45, 7) is 6.02. The van der Waals surface area contributed by atoms with Gasteiger partial charge in [0.1, 0.15) is 18.1 Å². The van der Waals surface area contributed by atoms with Gasteiger partial charge in [-0.25, -0.2) is 20.2 Å². The molecular weight excluding hydrogens is 637 g/mol. The number of nitrogens with zero attached hydrogens (tertiary/aromatic N) is 4. The first-order chi connectivity index (χ1) is 22.9. The molecule has 0 unspecified atom stereocenters. The number of carbonyl (C=O) groups excluding carboxylic acids is 1. The lowest BCUT2D eigenvalue weighted by Gasteiger charge is -2.30. The number of hydrazone groups is 1. The van der Waals surface area contributed by atoms with Crippen molar-refractivity contribution >= 4 is 50.3 Å². The molecule has 2 amide bonds. The third kappa shape index (κ3) is 7.81. The van der Waals surface area contributed by atoms with Gasteiger partial charge in [-0.05, 0) is 79.4 Å².